The van der Waals surface area contributed by atoms with Crippen LogP contribution >= 0.6 is 0 Å². The van der Waals surface area contributed by atoms with E-state index in [1.165, 1.54) is 0 Å². The molecular formula is C13H19N3O4. The van der Waals surface area contributed by atoms with Crippen molar-refractivity contribution in [1.29, 1.82) is 0 Å². The molecule has 7 nitrogen and oxygen atoms in total. The van der Waals surface area contributed by atoms with Crippen molar-refractivity contribution in [3.63, 3.8) is 0 Å². The summed E-state index contributed by atoms with van der Waals surface area (Å²) in [6, 6.07) is -0.851. The minimum atomic E-state index is -0.820. The van der Waals surface area contributed by atoms with Gasteiger partial charge in [-0.2, -0.15) is 0 Å². The maximum absolute atomic E-state index is 12.7. The number of carbonyl (C=O) groups excluding carboxylic acids is 2. The number of amides is 3. The van der Waals surface area contributed by atoms with Gasteiger partial charge in [0.05, 0.1) is 5.92 Å². The van der Waals surface area contributed by atoms with E-state index in [-0.39, 0.29) is 24.0 Å². The average Bonchev–Trinajstić information content (AvgIpc) is 2.98. The molecule has 3 heterocycles. The molecule has 0 radical (unpaired) electrons. The van der Waals surface area contributed by atoms with Gasteiger partial charge in [0.15, 0.2) is 0 Å². The lowest BCUT2D eigenvalue weighted by atomic mass is 9.89. The maximum Gasteiger partial charge on any atom is 0.321 e. The van der Waals surface area contributed by atoms with E-state index in [1.54, 1.807) is 16.7 Å². The van der Waals surface area contributed by atoms with Gasteiger partial charge in [-0.1, -0.05) is 0 Å². The third kappa shape index (κ3) is 1.83. The van der Waals surface area contributed by atoms with Crippen LogP contribution in [0.15, 0.2) is 0 Å². The quantitative estimate of drug-likeness (QED) is 0.700. The zero-order valence-corrected chi connectivity index (χ0v) is 11.4. The summed E-state index contributed by atoms with van der Waals surface area (Å²) in [6.07, 6.45) is 2.16. The molecule has 4 unspecified atom stereocenters. The Hall–Kier alpha value is -1.79. The van der Waals surface area contributed by atoms with Crippen LogP contribution in [0, 0.1) is 5.92 Å². The molecule has 0 aliphatic carbocycles. The van der Waals surface area contributed by atoms with Crippen molar-refractivity contribution in [2.45, 2.75) is 44.3 Å². The summed E-state index contributed by atoms with van der Waals surface area (Å²) >= 11 is 0. The molecule has 0 aromatic carbocycles. The predicted octanol–water partition coefficient (Wildman–Crippen LogP) is -0.136. The van der Waals surface area contributed by atoms with Crippen LogP contribution in [0.1, 0.15) is 26.2 Å². The maximum atomic E-state index is 12.7. The second-order valence-electron chi connectivity index (χ2n) is 5.83. The van der Waals surface area contributed by atoms with Crippen molar-refractivity contribution in [3.05, 3.63) is 0 Å². The molecule has 2 N–H and O–H groups in total. The van der Waals surface area contributed by atoms with Gasteiger partial charge in [-0.25, -0.2) is 4.79 Å². The fourth-order valence-electron chi connectivity index (χ4n) is 3.74. The lowest BCUT2D eigenvalue weighted by Crippen LogP contribution is -2.59. The lowest BCUT2D eigenvalue weighted by molar-refractivity contribution is -0.142. The van der Waals surface area contributed by atoms with Gasteiger partial charge in [-0.15, -0.1) is 0 Å². The molecule has 3 rings (SSSR count). The van der Waals surface area contributed by atoms with Gasteiger partial charge in [0.25, 0.3) is 0 Å². The lowest BCUT2D eigenvalue weighted by Gasteiger charge is -2.37. The molecule has 20 heavy (non-hydrogen) atoms. The van der Waals surface area contributed by atoms with Crippen molar-refractivity contribution in [2.24, 2.45) is 5.92 Å². The number of fused-ring (bicyclic) bond motifs is 2. The minimum absolute atomic E-state index is 0.0192. The summed E-state index contributed by atoms with van der Waals surface area (Å²) in [4.78, 5) is 38.8. The summed E-state index contributed by atoms with van der Waals surface area (Å²) < 4.78 is 0. The van der Waals surface area contributed by atoms with Crippen molar-refractivity contribution < 1.29 is 19.5 Å². The average molecular weight is 281 g/mol. The summed E-state index contributed by atoms with van der Waals surface area (Å²) in [5, 5.41) is 12.0. The molecule has 3 fully saturated rings. The summed E-state index contributed by atoms with van der Waals surface area (Å²) in [7, 11) is 0. The number of hydrogen-bond donors (Lipinski definition) is 2. The van der Waals surface area contributed by atoms with Crippen LogP contribution in [0.3, 0.4) is 0 Å². The normalized spacial score (nSPS) is 36.1. The van der Waals surface area contributed by atoms with E-state index in [4.69, 9.17) is 0 Å². The Balaban J connectivity index is 1.78. The van der Waals surface area contributed by atoms with E-state index in [0.29, 0.717) is 19.5 Å². The Morgan fingerprint density at radius 2 is 2.10 bits per heavy atom. The van der Waals surface area contributed by atoms with Crippen molar-refractivity contribution in [2.75, 3.05) is 13.1 Å². The molecule has 3 saturated heterocycles. The summed E-state index contributed by atoms with van der Waals surface area (Å²) in [5.41, 5.74) is 0. The van der Waals surface area contributed by atoms with E-state index in [2.05, 4.69) is 5.32 Å². The molecule has 3 amide bonds. The van der Waals surface area contributed by atoms with Crippen LogP contribution in [-0.4, -0.2) is 64.0 Å². The SMILES string of the molecule is CC1C(=O)NCCN1C(=O)N1C2CCC1C(C(=O)O)C2. The fourth-order valence-corrected chi connectivity index (χ4v) is 3.74. The number of nitrogens with one attached hydrogen (secondary N) is 1. The molecular weight excluding hydrogens is 262 g/mol. The molecule has 0 aromatic heterocycles. The fraction of sp³-hybridized carbons (Fsp3) is 0.769. The van der Waals surface area contributed by atoms with Crippen LogP contribution < -0.4 is 5.32 Å². The molecule has 0 aromatic rings. The largest absolute Gasteiger partial charge is 0.481 e. The molecule has 0 saturated carbocycles. The van der Waals surface area contributed by atoms with Gasteiger partial charge in [-0.05, 0) is 26.2 Å². The Kier molecular flexibility index (Phi) is 3.07. The van der Waals surface area contributed by atoms with Crippen LogP contribution in [0.2, 0.25) is 0 Å². The van der Waals surface area contributed by atoms with E-state index in [1.807, 2.05) is 0 Å². The van der Waals surface area contributed by atoms with Crippen LogP contribution in [0.5, 0.6) is 0 Å². The highest BCUT2D eigenvalue weighted by atomic mass is 16.4. The number of carbonyl (C=O) groups is 3. The number of urea groups is 1. The highest BCUT2D eigenvalue weighted by Crippen LogP contribution is 2.42. The highest BCUT2D eigenvalue weighted by Gasteiger charge is 2.52. The minimum Gasteiger partial charge on any atom is -0.481 e. The highest BCUT2D eigenvalue weighted by molar-refractivity contribution is 5.88. The smallest absolute Gasteiger partial charge is 0.321 e. The number of rotatable bonds is 1. The zero-order valence-electron chi connectivity index (χ0n) is 11.4. The molecule has 3 aliphatic heterocycles. The van der Waals surface area contributed by atoms with Crippen LogP contribution in [0.25, 0.3) is 0 Å². The third-order valence-electron chi connectivity index (χ3n) is 4.82. The zero-order chi connectivity index (χ0) is 14.4. The summed E-state index contributed by atoms with van der Waals surface area (Å²) in [5.74, 6) is -1.42. The Morgan fingerprint density at radius 1 is 1.35 bits per heavy atom. The standard InChI is InChI=1S/C13H19N3O4/c1-7-11(17)14-4-5-15(7)13(20)16-8-2-3-10(16)9(6-8)12(18)19/h7-10H,2-6H2,1H3,(H,14,17)(H,18,19). The predicted molar refractivity (Wildman–Crippen MR) is 69.0 cm³/mol. The molecule has 0 spiro atoms. The second kappa shape index (κ2) is 4.64. The van der Waals surface area contributed by atoms with Gasteiger partial charge in [0, 0.05) is 25.2 Å². The van der Waals surface area contributed by atoms with Gasteiger partial charge in [-0.3, -0.25) is 9.59 Å². The van der Waals surface area contributed by atoms with Crippen molar-refractivity contribution >= 4 is 17.9 Å². The summed E-state index contributed by atoms with van der Waals surface area (Å²) in [6.45, 7) is 2.65. The van der Waals surface area contributed by atoms with E-state index in [9.17, 15) is 19.5 Å². The molecule has 2 bridgehead atoms. The molecule has 110 valence electrons. The van der Waals surface area contributed by atoms with E-state index < -0.39 is 17.9 Å². The number of aliphatic carboxylic acids is 1. The number of carboxylic acids is 1. The second-order valence-corrected chi connectivity index (χ2v) is 5.83. The topological polar surface area (TPSA) is 90.0 Å². The van der Waals surface area contributed by atoms with Crippen LogP contribution in [-0.2, 0) is 9.59 Å². The van der Waals surface area contributed by atoms with Gasteiger partial charge in [0.1, 0.15) is 6.04 Å². The van der Waals surface area contributed by atoms with Gasteiger partial charge < -0.3 is 20.2 Å². The Labute approximate surface area is 116 Å². The molecule has 3 aliphatic rings. The molecule has 7 heteroatoms. The first-order valence-corrected chi connectivity index (χ1v) is 7.10. The van der Waals surface area contributed by atoms with E-state index in [0.717, 1.165) is 12.8 Å². The Morgan fingerprint density at radius 3 is 2.75 bits per heavy atom. The number of nitrogens with zero attached hydrogens (tertiary/aromatic N) is 2. The number of carboxylic acid groups (broad SMARTS) is 1. The monoisotopic (exact) mass is 281 g/mol. The van der Waals surface area contributed by atoms with Crippen molar-refractivity contribution in [3.8, 4) is 0 Å². The third-order valence-corrected chi connectivity index (χ3v) is 4.82. The Bertz CT molecular complexity index is 467. The first-order valence-electron chi connectivity index (χ1n) is 7.10. The van der Waals surface area contributed by atoms with Gasteiger partial charge in [0.2, 0.25) is 5.91 Å². The van der Waals surface area contributed by atoms with Gasteiger partial charge >= 0.3 is 12.0 Å². The number of hydrogen-bond acceptors (Lipinski definition) is 3. The van der Waals surface area contributed by atoms with Crippen molar-refractivity contribution in [1.82, 2.24) is 15.1 Å². The number of piperazine rings is 1. The van der Waals surface area contributed by atoms with Crippen LogP contribution in [0.4, 0.5) is 4.79 Å². The molecule has 4 atom stereocenters. The first-order chi connectivity index (χ1) is 9.50. The van der Waals surface area contributed by atoms with E-state index >= 15 is 0 Å². The first kappa shape index (κ1) is 13.2.